The Morgan fingerprint density at radius 2 is 2.05 bits per heavy atom. The molecule has 0 aromatic heterocycles. The Kier molecular flexibility index (Phi) is 4.11. The molecular weight excluding hydrogens is 241 g/mol. The Morgan fingerprint density at radius 3 is 2.53 bits per heavy atom. The van der Waals surface area contributed by atoms with Crippen LogP contribution in [-0.4, -0.2) is 38.1 Å². The lowest BCUT2D eigenvalue weighted by Crippen LogP contribution is -2.34. The molecule has 1 heterocycles. The predicted octanol–water partition coefficient (Wildman–Crippen LogP) is 2.23. The van der Waals surface area contributed by atoms with Crippen molar-refractivity contribution in [2.24, 2.45) is 11.7 Å². The van der Waals surface area contributed by atoms with Gasteiger partial charge in [0.1, 0.15) is 5.82 Å². The van der Waals surface area contributed by atoms with Crippen LogP contribution in [0.1, 0.15) is 25.5 Å². The summed E-state index contributed by atoms with van der Waals surface area (Å²) in [4.78, 5) is 4.36. The van der Waals surface area contributed by atoms with Gasteiger partial charge >= 0.3 is 0 Å². The van der Waals surface area contributed by atoms with Crippen molar-refractivity contribution in [3.8, 4) is 0 Å². The number of hydrogen-bond donors (Lipinski definition) is 1. The van der Waals surface area contributed by atoms with Gasteiger partial charge in [-0.15, -0.1) is 0 Å². The van der Waals surface area contributed by atoms with Crippen molar-refractivity contribution in [1.82, 2.24) is 4.90 Å². The Hall–Kier alpha value is -1.13. The Balaban J connectivity index is 2.20. The molecule has 1 saturated heterocycles. The average Bonchev–Trinajstić information content (AvgIpc) is 2.71. The maximum Gasteiger partial charge on any atom is 0.146 e. The van der Waals surface area contributed by atoms with Crippen LogP contribution in [0, 0.1) is 11.7 Å². The first kappa shape index (κ1) is 14.3. The Bertz CT molecular complexity index is 445. The van der Waals surface area contributed by atoms with E-state index >= 15 is 0 Å². The van der Waals surface area contributed by atoms with E-state index in [1.807, 2.05) is 19.1 Å². The second-order valence-corrected chi connectivity index (χ2v) is 5.91. The number of benzene rings is 1. The van der Waals surface area contributed by atoms with E-state index in [2.05, 4.69) is 30.8 Å². The zero-order valence-electron chi connectivity index (χ0n) is 12.2. The van der Waals surface area contributed by atoms with E-state index in [9.17, 15) is 4.39 Å². The van der Waals surface area contributed by atoms with E-state index in [4.69, 9.17) is 5.73 Å². The van der Waals surface area contributed by atoms with Crippen LogP contribution in [0.5, 0.6) is 0 Å². The number of nitrogens with two attached hydrogens (primary N) is 1. The molecule has 3 atom stereocenters. The number of likely N-dealkylation sites (N-methyl/N-ethyl adjacent to an activating group) is 1. The van der Waals surface area contributed by atoms with Crippen molar-refractivity contribution >= 4 is 5.69 Å². The van der Waals surface area contributed by atoms with E-state index in [1.54, 1.807) is 6.07 Å². The molecule has 1 aliphatic heterocycles. The van der Waals surface area contributed by atoms with Gasteiger partial charge in [-0.3, -0.25) is 0 Å². The minimum Gasteiger partial charge on any atom is -0.367 e. The van der Waals surface area contributed by atoms with E-state index in [0.717, 1.165) is 18.7 Å². The van der Waals surface area contributed by atoms with Gasteiger partial charge in [-0.05, 0) is 44.6 Å². The molecule has 4 heteroatoms. The monoisotopic (exact) mass is 265 g/mol. The van der Waals surface area contributed by atoms with Crippen molar-refractivity contribution in [3.05, 3.63) is 29.6 Å². The molecular formula is C15H24FN3. The summed E-state index contributed by atoms with van der Waals surface area (Å²) >= 11 is 0. The molecule has 19 heavy (non-hydrogen) atoms. The highest BCUT2D eigenvalue weighted by molar-refractivity contribution is 5.51. The van der Waals surface area contributed by atoms with Gasteiger partial charge in [0.15, 0.2) is 0 Å². The van der Waals surface area contributed by atoms with Crippen LogP contribution < -0.4 is 10.6 Å². The van der Waals surface area contributed by atoms with Crippen LogP contribution in [0.3, 0.4) is 0 Å². The molecule has 1 aromatic rings. The SMILES string of the molecule is CC1CN(c2ccc([C@@H](C)N)cc2F)CC1N(C)C. The first-order chi connectivity index (χ1) is 8.90. The molecule has 0 spiro atoms. The second-order valence-electron chi connectivity index (χ2n) is 5.91. The maximum absolute atomic E-state index is 14.2. The van der Waals surface area contributed by atoms with Crippen LogP contribution in [-0.2, 0) is 0 Å². The summed E-state index contributed by atoms with van der Waals surface area (Å²) in [6.07, 6.45) is 0. The molecule has 0 radical (unpaired) electrons. The smallest absolute Gasteiger partial charge is 0.146 e. The molecule has 1 fully saturated rings. The zero-order valence-corrected chi connectivity index (χ0v) is 12.2. The predicted molar refractivity (Wildman–Crippen MR) is 77.9 cm³/mol. The van der Waals surface area contributed by atoms with Crippen LogP contribution in [0.25, 0.3) is 0 Å². The molecule has 106 valence electrons. The van der Waals surface area contributed by atoms with E-state index in [0.29, 0.717) is 17.6 Å². The van der Waals surface area contributed by atoms with Gasteiger partial charge in [0.05, 0.1) is 5.69 Å². The van der Waals surface area contributed by atoms with Gasteiger partial charge in [0.25, 0.3) is 0 Å². The second kappa shape index (κ2) is 5.47. The summed E-state index contributed by atoms with van der Waals surface area (Å²) in [6.45, 7) is 5.87. The summed E-state index contributed by atoms with van der Waals surface area (Å²) in [5.41, 5.74) is 7.32. The Labute approximate surface area is 115 Å². The molecule has 0 bridgehead atoms. The number of nitrogens with zero attached hydrogens (tertiary/aromatic N) is 2. The van der Waals surface area contributed by atoms with Gasteiger partial charge in [0, 0.05) is 25.2 Å². The Morgan fingerprint density at radius 1 is 1.37 bits per heavy atom. The molecule has 0 amide bonds. The summed E-state index contributed by atoms with van der Waals surface area (Å²) in [5, 5.41) is 0. The molecule has 2 rings (SSSR count). The molecule has 1 aliphatic rings. The van der Waals surface area contributed by atoms with Gasteiger partial charge < -0.3 is 15.5 Å². The van der Waals surface area contributed by atoms with Crippen LogP contribution >= 0.6 is 0 Å². The average molecular weight is 265 g/mol. The molecule has 2 unspecified atom stereocenters. The number of rotatable bonds is 3. The number of anilines is 1. The lowest BCUT2D eigenvalue weighted by Gasteiger charge is -2.23. The van der Waals surface area contributed by atoms with Crippen LogP contribution in [0.4, 0.5) is 10.1 Å². The molecule has 3 nitrogen and oxygen atoms in total. The fourth-order valence-corrected chi connectivity index (χ4v) is 2.88. The highest BCUT2D eigenvalue weighted by Gasteiger charge is 2.32. The van der Waals surface area contributed by atoms with Crippen LogP contribution in [0.15, 0.2) is 18.2 Å². The van der Waals surface area contributed by atoms with Gasteiger partial charge in [0.2, 0.25) is 0 Å². The van der Waals surface area contributed by atoms with Crippen molar-refractivity contribution in [1.29, 1.82) is 0 Å². The standard InChI is InChI=1S/C15H24FN3/c1-10-8-19(9-15(10)18(3)4)14-6-5-12(11(2)17)7-13(14)16/h5-7,10-11,15H,8-9,17H2,1-4H3/t10?,11-,15?/m1/s1. The summed E-state index contributed by atoms with van der Waals surface area (Å²) in [6, 6.07) is 5.70. The normalized spacial score (nSPS) is 25.1. The molecule has 1 aromatic carbocycles. The van der Waals surface area contributed by atoms with Crippen molar-refractivity contribution in [3.63, 3.8) is 0 Å². The fraction of sp³-hybridized carbons (Fsp3) is 0.600. The lowest BCUT2D eigenvalue weighted by atomic mass is 10.1. The third kappa shape index (κ3) is 2.90. The van der Waals surface area contributed by atoms with Crippen LogP contribution in [0.2, 0.25) is 0 Å². The highest BCUT2D eigenvalue weighted by Crippen LogP contribution is 2.29. The largest absolute Gasteiger partial charge is 0.367 e. The van der Waals surface area contributed by atoms with Crippen molar-refractivity contribution < 1.29 is 4.39 Å². The summed E-state index contributed by atoms with van der Waals surface area (Å²) in [5.74, 6) is 0.379. The first-order valence-corrected chi connectivity index (χ1v) is 6.86. The topological polar surface area (TPSA) is 32.5 Å². The molecule has 2 N–H and O–H groups in total. The molecule has 0 saturated carbocycles. The van der Waals surface area contributed by atoms with E-state index in [1.165, 1.54) is 0 Å². The summed E-state index contributed by atoms with van der Waals surface area (Å²) < 4.78 is 14.2. The quantitative estimate of drug-likeness (QED) is 0.909. The number of halogens is 1. The zero-order chi connectivity index (χ0) is 14.2. The number of hydrogen-bond acceptors (Lipinski definition) is 3. The van der Waals surface area contributed by atoms with E-state index < -0.39 is 0 Å². The lowest BCUT2D eigenvalue weighted by molar-refractivity contribution is 0.266. The summed E-state index contributed by atoms with van der Waals surface area (Å²) in [7, 11) is 4.17. The third-order valence-corrected chi connectivity index (χ3v) is 4.07. The van der Waals surface area contributed by atoms with Crippen molar-refractivity contribution in [2.45, 2.75) is 25.9 Å². The minimum atomic E-state index is -0.165. The highest BCUT2D eigenvalue weighted by atomic mass is 19.1. The first-order valence-electron chi connectivity index (χ1n) is 6.86. The maximum atomic E-state index is 14.2. The van der Waals surface area contributed by atoms with E-state index in [-0.39, 0.29) is 11.9 Å². The van der Waals surface area contributed by atoms with Gasteiger partial charge in [-0.2, -0.15) is 0 Å². The van der Waals surface area contributed by atoms with Gasteiger partial charge in [-0.25, -0.2) is 4.39 Å². The third-order valence-electron chi connectivity index (χ3n) is 4.07. The van der Waals surface area contributed by atoms with Gasteiger partial charge in [-0.1, -0.05) is 13.0 Å². The fourth-order valence-electron chi connectivity index (χ4n) is 2.88. The minimum absolute atomic E-state index is 0.129. The molecule has 0 aliphatic carbocycles. The van der Waals surface area contributed by atoms with Crippen molar-refractivity contribution in [2.75, 3.05) is 32.1 Å².